The van der Waals surface area contributed by atoms with Crippen LogP contribution in [-0.2, 0) is 0 Å². The molecule has 3 heteroatoms. The Hall–Kier alpha value is -0.620. The van der Waals surface area contributed by atoms with Crippen LogP contribution in [0.2, 0.25) is 5.02 Å². The predicted molar refractivity (Wildman–Crippen MR) is 63.6 cm³/mol. The Labute approximate surface area is 94.0 Å². The number of thioether (sulfide) groups is 1. The van der Waals surface area contributed by atoms with E-state index in [0.717, 1.165) is 15.7 Å². The minimum absolute atomic E-state index is 0.0592. The Balaban J connectivity index is 2.42. The lowest BCUT2D eigenvalue weighted by Crippen LogP contribution is -2.21. The number of rotatable bonds is 4. The molecule has 1 aromatic rings. The van der Waals surface area contributed by atoms with Crippen LogP contribution in [0.5, 0.6) is 0 Å². The number of hydrogen-bond acceptors (Lipinski definition) is 2. The first-order valence-electron chi connectivity index (χ1n) is 4.30. The van der Waals surface area contributed by atoms with Crippen molar-refractivity contribution >= 4 is 23.4 Å². The molecule has 0 amide bonds. The molecule has 0 aliphatic carbocycles. The van der Waals surface area contributed by atoms with Gasteiger partial charge in [0.15, 0.2) is 0 Å². The summed E-state index contributed by atoms with van der Waals surface area (Å²) >= 11 is 7.52. The molecule has 0 heterocycles. The van der Waals surface area contributed by atoms with Gasteiger partial charge in [-0.15, -0.1) is 24.1 Å². The van der Waals surface area contributed by atoms with E-state index in [1.54, 1.807) is 11.8 Å². The lowest BCUT2D eigenvalue weighted by atomic mass is 10.3. The lowest BCUT2D eigenvalue weighted by molar-refractivity contribution is 0.783. The van der Waals surface area contributed by atoms with E-state index in [0.29, 0.717) is 6.42 Å². The molecule has 0 aliphatic heterocycles. The summed E-state index contributed by atoms with van der Waals surface area (Å²) in [6, 6.07) is 7.78. The largest absolute Gasteiger partial charge is 0.326 e. The summed E-state index contributed by atoms with van der Waals surface area (Å²) in [6.45, 7) is 0. The van der Waals surface area contributed by atoms with Gasteiger partial charge < -0.3 is 5.73 Å². The van der Waals surface area contributed by atoms with Crippen molar-refractivity contribution in [3.05, 3.63) is 29.3 Å². The molecule has 0 bridgehead atoms. The highest BCUT2D eigenvalue weighted by Gasteiger charge is 2.01. The molecule has 74 valence electrons. The lowest BCUT2D eigenvalue weighted by Gasteiger charge is -2.07. The number of benzene rings is 1. The van der Waals surface area contributed by atoms with E-state index in [2.05, 4.69) is 5.92 Å². The summed E-state index contributed by atoms with van der Waals surface area (Å²) in [6.07, 6.45) is 5.78. The third-order valence-corrected chi connectivity index (χ3v) is 3.06. The van der Waals surface area contributed by atoms with Gasteiger partial charge in [-0.25, -0.2) is 0 Å². The fourth-order valence-electron chi connectivity index (χ4n) is 0.970. The van der Waals surface area contributed by atoms with Gasteiger partial charge in [-0.2, -0.15) is 0 Å². The molecular weight excluding hydrogens is 214 g/mol. The second kappa shape index (κ2) is 5.98. The van der Waals surface area contributed by atoms with Crippen molar-refractivity contribution in [1.82, 2.24) is 0 Å². The van der Waals surface area contributed by atoms with Crippen LogP contribution >= 0.6 is 23.4 Å². The normalized spacial score (nSPS) is 12.1. The Morgan fingerprint density at radius 1 is 1.57 bits per heavy atom. The van der Waals surface area contributed by atoms with Gasteiger partial charge in [0, 0.05) is 28.1 Å². The van der Waals surface area contributed by atoms with Crippen molar-refractivity contribution in [3.63, 3.8) is 0 Å². The van der Waals surface area contributed by atoms with Gasteiger partial charge >= 0.3 is 0 Å². The summed E-state index contributed by atoms with van der Waals surface area (Å²) in [5.74, 6) is 3.37. The van der Waals surface area contributed by atoms with Gasteiger partial charge in [0.05, 0.1) is 0 Å². The number of halogens is 1. The van der Waals surface area contributed by atoms with Gasteiger partial charge in [-0.05, 0) is 18.2 Å². The molecule has 0 saturated carbocycles. The van der Waals surface area contributed by atoms with Crippen molar-refractivity contribution in [2.45, 2.75) is 17.4 Å². The van der Waals surface area contributed by atoms with E-state index < -0.39 is 0 Å². The summed E-state index contributed by atoms with van der Waals surface area (Å²) in [4.78, 5) is 1.13. The maximum Gasteiger partial charge on any atom is 0.0417 e. The second-order valence-electron chi connectivity index (χ2n) is 2.94. The minimum Gasteiger partial charge on any atom is -0.326 e. The SMILES string of the molecule is C#CCC(N)CSc1cccc(Cl)c1. The van der Waals surface area contributed by atoms with E-state index in [1.165, 1.54) is 0 Å². The van der Waals surface area contributed by atoms with Crippen LogP contribution in [-0.4, -0.2) is 11.8 Å². The second-order valence-corrected chi connectivity index (χ2v) is 4.47. The van der Waals surface area contributed by atoms with Crippen molar-refractivity contribution in [2.24, 2.45) is 5.73 Å². The molecule has 2 N–H and O–H groups in total. The highest BCUT2D eigenvalue weighted by atomic mass is 35.5. The first-order valence-corrected chi connectivity index (χ1v) is 5.66. The number of hydrogen-bond donors (Lipinski definition) is 1. The van der Waals surface area contributed by atoms with Crippen LogP contribution in [0, 0.1) is 12.3 Å². The van der Waals surface area contributed by atoms with Gasteiger partial charge in [0.2, 0.25) is 0 Å². The standard InChI is InChI=1S/C11H12ClNS/c1-2-4-10(13)8-14-11-6-3-5-9(12)7-11/h1,3,5-7,10H,4,8,13H2. The Morgan fingerprint density at radius 2 is 2.36 bits per heavy atom. The highest BCUT2D eigenvalue weighted by Crippen LogP contribution is 2.22. The van der Waals surface area contributed by atoms with Crippen molar-refractivity contribution < 1.29 is 0 Å². The fourth-order valence-corrected chi connectivity index (χ4v) is 2.13. The first-order chi connectivity index (χ1) is 6.72. The van der Waals surface area contributed by atoms with E-state index in [9.17, 15) is 0 Å². The predicted octanol–water partition coefficient (Wildman–Crippen LogP) is 2.78. The minimum atomic E-state index is 0.0592. The van der Waals surface area contributed by atoms with Crippen molar-refractivity contribution in [2.75, 3.05) is 5.75 Å². The molecule has 1 unspecified atom stereocenters. The van der Waals surface area contributed by atoms with Crippen molar-refractivity contribution in [3.8, 4) is 12.3 Å². The molecule has 0 spiro atoms. The molecule has 14 heavy (non-hydrogen) atoms. The van der Waals surface area contributed by atoms with Crippen LogP contribution in [0.3, 0.4) is 0 Å². The maximum absolute atomic E-state index is 5.84. The maximum atomic E-state index is 5.84. The zero-order valence-corrected chi connectivity index (χ0v) is 9.31. The van der Waals surface area contributed by atoms with Gasteiger partial charge in [0.25, 0.3) is 0 Å². The van der Waals surface area contributed by atoms with E-state index >= 15 is 0 Å². The van der Waals surface area contributed by atoms with Gasteiger partial charge in [-0.1, -0.05) is 17.7 Å². The summed E-state index contributed by atoms with van der Waals surface area (Å²) in [7, 11) is 0. The monoisotopic (exact) mass is 225 g/mol. The molecule has 1 rings (SSSR count). The molecule has 1 atom stereocenters. The summed E-state index contributed by atoms with van der Waals surface area (Å²) in [5, 5.41) is 0.750. The van der Waals surface area contributed by atoms with E-state index in [4.69, 9.17) is 23.8 Å². The van der Waals surface area contributed by atoms with Crippen LogP contribution in [0.25, 0.3) is 0 Å². The average Bonchev–Trinajstić information content (AvgIpc) is 2.15. The first kappa shape index (κ1) is 11.5. The van der Waals surface area contributed by atoms with Crippen molar-refractivity contribution in [1.29, 1.82) is 0 Å². The Morgan fingerprint density at radius 3 is 3.00 bits per heavy atom. The molecule has 0 saturated heterocycles. The number of nitrogens with two attached hydrogens (primary N) is 1. The smallest absolute Gasteiger partial charge is 0.0417 e. The highest BCUT2D eigenvalue weighted by molar-refractivity contribution is 7.99. The van der Waals surface area contributed by atoms with Gasteiger partial charge in [-0.3, -0.25) is 0 Å². The zero-order chi connectivity index (χ0) is 10.4. The summed E-state index contributed by atoms with van der Waals surface area (Å²) in [5.41, 5.74) is 5.77. The Bertz CT molecular complexity index is 332. The molecular formula is C11H12ClNS. The molecule has 1 aromatic carbocycles. The molecule has 0 fully saturated rings. The van der Waals surface area contributed by atoms with Gasteiger partial charge in [0.1, 0.15) is 0 Å². The van der Waals surface area contributed by atoms with Crippen LogP contribution in [0.4, 0.5) is 0 Å². The van der Waals surface area contributed by atoms with E-state index in [1.807, 2.05) is 24.3 Å². The molecule has 1 nitrogen and oxygen atoms in total. The molecule has 0 aromatic heterocycles. The average molecular weight is 226 g/mol. The zero-order valence-electron chi connectivity index (χ0n) is 7.74. The quantitative estimate of drug-likeness (QED) is 0.630. The number of terminal acetylenes is 1. The Kier molecular flexibility index (Phi) is 4.89. The fraction of sp³-hybridized carbons (Fsp3) is 0.273. The topological polar surface area (TPSA) is 26.0 Å². The third-order valence-electron chi connectivity index (χ3n) is 1.64. The molecule has 0 aliphatic rings. The molecule has 0 radical (unpaired) electrons. The van der Waals surface area contributed by atoms with E-state index in [-0.39, 0.29) is 6.04 Å². The van der Waals surface area contributed by atoms with Crippen LogP contribution in [0.15, 0.2) is 29.2 Å². The third kappa shape index (κ3) is 4.06. The van der Waals surface area contributed by atoms with Crippen LogP contribution < -0.4 is 5.73 Å². The summed E-state index contributed by atoms with van der Waals surface area (Å²) < 4.78 is 0. The van der Waals surface area contributed by atoms with Crippen LogP contribution in [0.1, 0.15) is 6.42 Å².